The zero-order valence-corrected chi connectivity index (χ0v) is 14.8. The van der Waals surface area contributed by atoms with Crippen LogP contribution in [-0.4, -0.2) is 21.5 Å². The van der Waals surface area contributed by atoms with Gasteiger partial charge < -0.3 is 11.1 Å². The van der Waals surface area contributed by atoms with Crippen molar-refractivity contribution in [2.24, 2.45) is 29.1 Å². The zero-order chi connectivity index (χ0) is 16.7. The zero-order valence-electron chi connectivity index (χ0n) is 14.0. The summed E-state index contributed by atoms with van der Waals surface area (Å²) in [4.78, 5) is 0.221. The van der Waals surface area contributed by atoms with E-state index in [1.807, 2.05) is 6.07 Å². The van der Waals surface area contributed by atoms with Crippen LogP contribution in [0.1, 0.15) is 32.1 Å². The molecule has 0 radical (unpaired) electrons. The summed E-state index contributed by atoms with van der Waals surface area (Å²) in [6.07, 6.45) is 7.00. The van der Waals surface area contributed by atoms with Crippen molar-refractivity contribution in [3.05, 3.63) is 18.2 Å². The second-order valence-electron chi connectivity index (χ2n) is 8.39. The van der Waals surface area contributed by atoms with E-state index < -0.39 is 10.0 Å². The molecule has 130 valence electrons. The maximum Gasteiger partial charge on any atom is 0.240 e. The van der Waals surface area contributed by atoms with Crippen molar-refractivity contribution in [2.75, 3.05) is 18.1 Å². The molecule has 4 N–H and O–H groups in total. The molecule has 4 aliphatic carbocycles. The largest absolute Gasteiger partial charge is 0.397 e. The molecule has 4 unspecified atom stereocenters. The summed E-state index contributed by atoms with van der Waals surface area (Å²) < 4.78 is 26.2. The molecule has 0 amide bonds. The Morgan fingerprint density at radius 2 is 1.79 bits per heavy atom. The molecule has 0 heterocycles. The Morgan fingerprint density at radius 1 is 1.12 bits per heavy atom. The third-order valence-corrected chi connectivity index (χ3v) is 9.01. The van der Waals surface area contributed by atoms with Crippen molar-refractivity contribution in [1.82, 2.24) is 4.72 Å². The number of rotatable bonds is 4. The SMILES string of the molecule is CNS(=O)(=O)c1ccc(NC2C3CC4CC5CC2CC45C3)c(N)c1. The van der Waals surface area contributed by atoms with Gasteiger partial charge in [-0.1, -0.05) is 0 Å². The predicted octanol–water partition coefficient (Wildman–Crippen LogP) is 2.41. The minimum absolute atomic E-state index is 0.221. The molecular weight excluding hydrogens is 322 g/mol. The molecule has 3 bridgehead atoms. The Bertz CT molecular complexity index is 782. The van der Waals surface area contributed by atoms with Crippen molar-refractivity contribution < 1.29 is 8.42 Å². The van der Waals surface area contributed by atoms with Crippen LogP contribution in [0.3, 0.4) is 0 Å². The van der Waals surface area contributed by atoms with E-state index in [1.165, 1.54) is 39.2 Å². The van der Waals surface area contributed by atoms with Gasteiger partial charge in [0.15, 0.2) is 0 Å². The molecule has 24 heavy (non-hydrogen) atoms. The Morgan fingerprint density at radius 3 is 2.38 bits per heavy atom. The lowest BCUT2D eigenvalue weighted by Crippen LogP contribution is -2.42. The molecule has 1 aromatic carbocycles. The first-order chi connectivity index (χ1) is 11.4. The normalized spacial score (nSPS) is 42.0. The Labute approximate surface area is 143 Å². The van der Waals surface area contributed by atoms with Crippen LogP contribution in [0.2, 0.25) is 0 Å². The number of nitrogen functional groups attached to an aromatic ring is 1. The first kappa shape index (κ1) is 15.0. The maximum atomic E-state index is 11.9. The van der Waals surface area contributed by atoms with E-state index in [0.29, 0.717) is 17.1 Å². The van der Waals surface area contributed by atoms with E-state index in [4.69, 9.17) is 5.73 Å². The van der Waals surface area contributed by atoms with Crippen LogP contribution in [0, 0.1) is 29.1 Å². The van der Waals surface area contributed by atoms with Crippen molar-refractivity contribution in [3.63, 3.8) is 0 Å². The molecular formula is C18H25N3O2S. The van der Waals surface area contributed by atoms with Crippen LogP contribution in [0.4, 0.5) is 11.4 Å². The van der Waals surface area contributed by atoms with Gasteiger partial charge in [0, 0.05) is 6.04 Å². The number of hydrogen-bond donors (Lipinski definition) is 3. The summed E-state index contributed by atoms with van der Waals surface area (Å²) in [5, 5.41) is 3.70. The highest BCUT2D eigenvalue weighted by Crippen LogP contribution is 2.75. The van der Waals surface area contributed by atoms with Gasteiger partial charge in [0.25, 0.3) is 0 Å². The van der Waals surface area contributed by atoms with Crippen LogP contribution < -0.4 is 15.8 Å². The lowest BCUT2D eigenvalue weighted by atomic mass is 9.56. The third-order valence-electron chi connectivity index (χ3n) is 7.59. The highest BCUT2D eigenvalue weighted by molar-refractivity contribution is 7.89. The van der Waals surface area contributed by atoms with Crippen LogP contribution in [0.15, 0.2) is 23.1 Å². The molecule has 1 aromatic rings. The molecule has 4 fully saturated rings. The fourth-order valence-electron chi connectivity index (χ4n) is 6.58. The second-order valence-corrected chi connectivity index (χ2v) is 10.3. The summed E-state index contributed by atoms with van der Waals surface area (Å²) in [5.74, 6) is 3.48. The van der Waals surface area contributed by atoms with Gasteiger partial charge >= 0.3 is 0 Å². The Hall–Kier alpha value is -1.27. The number of benzene rings is 1. The fourth-order valence-corrected chi connectivity index (χ4v) is 7.34. The number of fused-ring (bicyclic) bond motifs is 2. The van der Waals surface area contributed by atoms with Crippen LogP contribution in [0.25, 0.3) is 0 Å². The van der Waals surface area contributed by atoms with Crippen molar-refractivity contribution in [3.8, 4) is 0 Å². The van der Waals surface area contributed by atoms with Crippen molar-refractivity contribution >= 4 is 21.4 Å². The molecule has 0 aromatic heterocycles. The van der Waals surface area contributed by atoms with E-state index in [0.717, 1.165) is 29.4 Å². The van der Waals surface area contributed by atoms with Gasteiger partial charge in [-0.05, 0) is 86.4 Å². The first-order valence-corrected chi connectivity index (χ1v) is 10.5. The highest BCUT2D eigenvalue weighted by Gasteiger charge is 2.68. The smallest absolute Gasteiger partial charge is 0.240 e. The van der Waals surface area contributed by atoms with Crippen LogP contribution in [-0.2, 0) is 10.0 Å². The van der Waals surface area contributed by atoms with E-state index in [2.05, 4.69) is 10.0 Å². The molecule has 4 saturated carbocycles. The molecule has 4 aliphatic rings. The molecule has 4 atom stereocenters. The third kappa shape index (κ3) is 1.81. The summed E-state index contributed by atoms with van der Waals surface area (Å²) in [7, 11) is -2.03. The average molecular weight is 347 g/mol. The lowest BCUT2D eigenvalue weighted by molar-refractivity contribution is 0.000288. The molecule has 6 heteroatoms. The van der Waals surface area contributed by atoms with Gasteiger partial charge in [0.1, 0.15) is 0 Å². The lowest BCUT2D eigenvalue weighted by Gasteiger charge is -2.49. The van der Waals surface area contributed by atoms with E-state index in [-0.39, 0.29) is 4.90 Å². The standard InChI is InChI=1S/C18H25N3O2S/c1-20-24(22,23)14-2-3-16(15(19)7-14)21-17-10-4-12-6-13-5-11(17)9-18(12,13)8-10/h2-3,7,10-13,17,20-21H,4-6,8-9,19H2,1H3. The van der Waals surface area contributed by atoms with Gasteiger partial charge in [-0.25, -0.2) is 13.1 Å². The fraction of sp³-hybridized carbons (Fsp3) is 0.667. The minimum atomic E-state index is -3.45. The summed E-state index contributed by atoms with van der Waals surface area (Å²) in [6.45, 7) is 0. The summed E-state index contributed by atoms with van der Waals surface area (Å²) in [5.41, 5.74) is 8.28. The minimum Gasteiger partial charge on any atom is -0.397 e. The maximum absolute atomic E-state index is 11.9. The topological polar surface area (TPSA) is 84.2 Å². The molecule has 5 rings (SSSR count). The monoisotopic (exact) mass is 347 g/mol. The number of hydrogen-bond acceptors (Lipinski definition) is 4. The van der Waals surface area contributed by atoms with Gasteiger partial charge in [-0.2, -0.15) is 0 Å². The first-order valence-electron chi connectivity index (χ1n) is 9.02. The predicted molar refractivity (Wildman–Crippen MR) is 94.0 cm³/mol. The van der Waals surface area contributed by atoms with Gasteiger partial charge in [-0.3, -0.25) is 0 Å². The second kappa shape index (κ2) is 4.67. The van der Waals surface area contributed by atoms with E-state index >= 15 is 0 Å². The summed E-state index contributed by atoms with van der Waals surface area (Å²) >= 11 is 0. The number of anilines is 2. The van der Waals surface area contributed by atoms with E-state index in [9.17, 15) is 8.42 Å². The van der Waals surface area contributed by atoms with Crippen LogP contribution in [0.5, 0.6) is 0 Å². The van der Waals surface area contributed by atoms with Gasteiger partial charge in [0.05, 0.1) is 16.3 Å². The molecule has 0 aliphatic heterocycles. The quantitative estimate of drug-likeness (QED) is 0.730. The van der Waals surface area contributed by atoms with Crippen LogP contribution >= 0.6 is 0 Å². The van der Waals surface area contributed by atoms with Gasteiger partial charge in [0.2, 0.25) is 10.0 Å². The number of sulfonamides is 1. The highest BCUT2D eigenvalue weighted by atomic mass is 32.2. The number of nitrogens with two attached hydrogens (primary N) is 1. The van der Waals surface area contributed by atoms with Gasteiger partial charge in [-0.15, -0.1) is 0 Å². The average Bonchev–Trinajstić information content (AvgIpc) is 2.93. The molecule has 1 spiro atoms. The molecule has 0 saturated heterocycles. The Kier molecular flexibility index (Phi) is 2.92. The number of nitrogens with one attached hydrogen (secondary N) is 2. The summed E-state index contributed by atoms with van der Waals surface area (Å²) in [6, 6.07) is 5.52. The Balaban J connectivity index is 1.41. The van der Waals surface area contributed by atoms with E-state index in [1.54, 1.807) is 12.1 Å². The molecule has 5 nitrogen and oxygen atoms in total. The van der Waals surface area contributed by atoms with Crippen molar-refractivity contribution in [2.45, 2.75) is 43.0 Å². The van der Waals surface area contributed by atoms with Crippen molar-refractivity contribution in [1.29, 1.82) is 0 Å².